The molecule has 1 amide bonds. The summed E-state index contributed by atoms with van der Waals surface area (Å²) < 4.78 is 10.4. The van der Waals surface area contributed by atoms with E-state index in [0.717, 1.165) is 0 Å². The first kappa shape index (κ1) is 18.9. The number of non-ortho nitro benzene ring substituents is 1. The monoisotopic (exact) mass is 358 g/mol. The van der Waals surface area contributed by atoms with Gasteiger partial charge in [0, 0.05) is 12.1 Å². The zero-order chi connectivity index (χ0) is 19.1. The number of rotatable bonds is 7. The molecule has 0 aromatic heterocycles. The van der Waals surface area contributed by atoms with E-state index in [0.29, 0.717) is 17.0 Å². The molecule has 2 aromatic rings. The number of nitrogens with one attached hydrogen (secondary N) is 1. The Morgan fingerprint density at radius 2 is 1.92 bits per heavy atom. The number of carbonyl (C=O) groups is 2. The van der Waals surface area contributed by atoms with Crippen LogP contribution in [-0.2, 0) is 9.53 Å². The van der Waals surface area contributed by atoms with Crippen LogP contribution in [0.15, 0.2) is 42.5 Å². The highest BCUT2D eigenvalue weighted by Gasteiger charge is 2.15. The molecule has 136 valence electrons. The minimum absolute atomic E-state index is 0.0531. The van der Waals surface area contributed by atoms with Crippen molar-refractivity contribution in [1.29, 1.82) is 0 Å². The average Bonchev–Trinajstić information content (AvgIpc) is 2.61. The van der Waals surface area contributed by atoms with Crippen LogP contribution in [0.25, 0.3) is 0 Å². The largest absolute Gasteiger partial charge is 0.483 e. The van der Waals surface area contributed by atoms with Crippen LogP contribution in [0.1, 0.15) is 22.8 Å². The zero-order valence-electron chi connectivity index (χ0n) is 14.4. The molecule has 0 saturated heterocycles. The number of carbonyl (C=O) groups excluding carboxylic acids is 2. The van der Waals surface area contributed by atoms with Crippen molar-refractivity contribution >= 4 is 23.3 Å². The van der Waals surface area contributed by atoms with Gasteiger partial charge in [0.1, 0.15) is 5.75 Å². The van der Waals surface area contributed by atoms with Crippen molar-refractivity contribution in [2.24, 2.45) is 0 Å². The van der Waals surface area contributed by atoms with E-state index in [1.54, 1.807) is 38.1 Å². The lowest BCUT2D eigenvalue weighted by atomic mass is 10.2. The van der Waals surface area contributed by atoms with E-state index in [9.17, 15) is 19.7 Å². The van der Waals surface area contributed by atoms with E-state index >= 15 is 0 Å². The number of aryl methyl sites for hydroxylation is 1. The van der Waals surface area contributed by atoms with E-state index in [-0.39, 0.29) is 24.5 Å². The van der Waals surface area contributed by atoms with Gasteiger partial charge in [0.05, 0.1) is 22.8 Å². The van der Waals surface area contributed by atoms with E-state index in [1.807, 2.05) is 0 Å². The number of para-hydroxylation sites is 1. The molecule has 0 aliphatic carbocycles. The van der Waals surface area contributed by atoms with Crippen molar-refractivity contribution in [3.05, 3.63) is 63.7 Å². The highest BCUT2D eigenvalue weighted by Crippen LogP contribution is 2.23. The first-order chi connectivity index (χ1) is 12.4. The Labute approximate surface area is 149 Å². The van der Waals surface area contributed by atoms with E-state index < -0.39 is 16.8 Å². The van der Waals surface area contributed by atoms with Crippen molar-refractivity contribution in [2.75, 3.05) is 18.5 Å². The molecule has 0 unspecified atom stereocenters. The molecule has 26 heavy (non-hydrogen) atoms. The highest BCUT2D eigenvalue weighted by atomic mass is 16.6. The van der Waals surface area contributed by atoms with Crippen LogP contribution in [0.5, 0.6) is 5.75 Å². The minimum atomic E-state index is -0.532. The van der Waals surface area contributed by atoms with Gasteiger partial charge in [0.2, 0.25) is 0 Å². The van der Waals surface area contributed by atoms with Crippen molar-refractivity contribution in [2.45, 2.75) is 13.8 Å². The Bertz CT molecular complexity index is 834. The van der Waals surface area contributed by atoms with Crippen LogP contribution in [0, 0.1) is 17.0 Å². The summed E-state index contributed by atoms with van der Waals surface area (Å²) in [5.74, 6) is -0.639. The average molecular weight is 358 g/mol. The Morgan fingerprint density at radius 1 is 1.19 bits per heavy atom. The molecular formula is C18H18N2O6. The Kier molecular flexibility index (Phi) is 6.26. The van der Waals surface area contributed by atoms with Gasteiger partial charge < -0.3 is 14.8 Å². The van der Waals surface area contributed by atoms with Crippen molar-refractivity contribution in [1.82, 2.24) is 0 Å². The third kappa shape index (κ3) is 4.79. The molecule has 0 heterocycles. The molecule has 0 atom stereocenters. The molecule has 1 N–H and O–H groups in total. The molecule has 0 fully saturated rings. The predicted octanol–water partition coefficient (Wildman–Crippen LogP) is 3.10. The summed E-state index contributed by atoms with van der Waals surface area (Å²) in [7, 11) is 0. The number of amides is 1. The van der Waals surface area contributed by atoms with E-state index in [4.69, 9.17) is 9.47 Å². The first-order valence-corrected chi connectivity index (χ1v) is 7.86. The maximum atomic E-state index is 12.1. The third-order valence-electron chi connectivity index (χ3n) is 3.42. The standard InChI is InChI=1S/C18H18N2O6/c1-3-25-18(22)14-6-4-5-7-15(14)19-17(21)11-26-16-9-8-13(20(23)24)10-12(16)2/h4-10H,3,11H2,1-2H3,(H,19,21). The Hall–Kier alpha value is -3.42. The molecule has 0 saturated carbocycles. The fourth-order valence-corrected chi connectivity index (χ4v) is 2.22. The summed E-state index contributed by atoms with van der Waals surface area (Å²) in [6, 6.07) is 10.6. The molecular weight excluding hydrogens is 340 g/mol. The van der Waals surface area contributed by atoms with Gasteiger partial charge in [-0.2, -0.15) is 0 Å². The maximum absolute atomic E-state index is 12.1. The smallest absolute Gasteiger partial charge is 0.340 e. The maximum Gasteiger partial charge on any atom is 0.340 e. The van der Waals surface area contributed by atoms with Crippen LogP contribution in [0.4, 0.5) is 11.4 Å². The van der Waals surface area contributed by atoms with Crippen LogP contribution < -0.4 is 10.1 Å². The number of hydrogen-bond donors (Lipinski definition) is 1. The van der Waals surface area contributed by atoms with Gasteiger partial charge in [-0.25, -0.2) is 4.79 Å². The zero-order valence-corrected chi connectivity index (χ0v) is 14.4. The number of ether oxygens (including phenoxy) is 2. The lowest BCUT2D eigenvalue weighted by molar-refractivity contribution is -0.384. The number of esters is 1. The number of anilines is 1. The molecule has 0 bridgehead atoms. The SMILES string of the molecule is CCOC(=O)c1ccccc1NC(=O)COc1ccc([N+](=O)[O-])cc1C. The molecule has 2 rings (SSSR count). The van der Waals surface area contributed by atoms with Crippen LogP contribution in [0.3, 0.4) is 0 Å². The molecule has 8 heteroatoms. The molecule has 8 nitrogen and oxygen atoms in total. The number of hydrogen-bond acceptors (Lipinski definition) is 6. The van der Waals surface area contributed by atoms with Crippen LogP contribution in [0.2, 0.25) is 0 Å². The first-order valence-electron chi connectivity index (χ1n) is 7.86. The summed E-state index contributed by atoms with van der Waals surface area (Å²) in [6.07, 6.45) is 0. The van der Waals surface area contributed by atoms with Gasteiger partial charge in [-0.3, -0.25) is 14.9 Å². The lowest BCUT2D eigenvalue weighted by Crippen LogP contribution is -2.22. The van der Waals surface area contributed by atoms with E-state index in [1.165, 1.54) is 18.2 Å². The summed E-state index contributed by atoms with van der Waals surface area (Å²) in [5, 5.41) is 13.3. The second-order valence-corrected chi connectivity index (χ2v) is 5.31. The van der Waals surface area contributed by atoms with E-state index in [2.05, 4.69) is 5.32 Å². The minimum Gasteiger partial charge on any atom is -0.483 e. The van der Waals surface area contributed by atoms with Gasteiger partial charge in [-0.15, -0.1) is 0 Å². The summed E-state index contributed by atoms with van der Waals surface area (Å²) >= 11 is 0. The number of nitrogens with zero attached hydrogens (tertiary/aromatic N) is 1. The quantitative estimate of drug-likeness (QED) is 0.463. The predicted molar refractivity (Wildman–Crippen MR) is 94.4 cm³/mol. The second-order valence-electron chi connectivity index (χ2n) is 5.31. The molecule has 2 aromatic carbocycles. The van der Waals surface area contributed by atoms with Gasteiger partial charge >= 0.3 is 5.97 Å². The summed E-state index contributed by atoms with van der Waals surface area (Å²) in [6.45, 7) is 3.26. The third-order valence-corrected chi connectivity index (χ3v) is 3.42. The number of nitro benzene ring substituents is 1. The normalized spacial score (nSPS) is 10.1. The van der Waals surface area contributed by atoms with Crippen LogP contribution >= 0.6 is 0 Å². The van der Waals surface area contributed by atoms with Gasteiger partial charge in [0.25, 0.3) is 11.6 Å². The fourth-order valence-electron chi connectivity index (χ4n) is 2.22. The lowest BCUT2D eigenvalue weighted by Gasteiger charge is -2.12. The van der Waals surface area contributed by atoms with Crippen molar-refractivity contribution < 1.29 is 24.0 Å². The molecule has 0 radical (unpaired) electrons. The summed E-state index contributed by atoms with van der Waals surface area (Å²) in [4.78, 5) is 34.2. The molecule has 0 spiro atoms. The fraction of sp³-hybridized carbons (Fsp3) is 0.222. The number of benzene rings is 2. The van der Waals surface area contributed by atoms with Crippen molar-refractivity contribution in [3.8, 4) is 5.75 Å². The van der Waals surface area contributed by atoms with Crippen molar-refractivity contribution in [3.63, 3.8) is 0 Å². The Morgan fingerprint density at radius 3 is 2.58 bits per heavy atom. The van der Waals surface area contributed by atoms with Crippen LogP contribution in [-0.4, -0.2) is 30.0 Å². The van der Waals surface area contributed by atoms with Gasteiger partial charge in [-0.1, -0.05) is 12.1 Å². The van der Waals surface area contributed by atoms with Gasteiger partial charge in [0.15, 0.2) is 6.61 Å². The molecule has 0 aliphatic heterocycles. The molecule has 0 aliphatic rings. The topological polar surface area (TPSA) is 108 Å². The summed E-state index contributed by atoms with van der Waals surface area (Å²) in [5.41, 5.74) is 1.05. The Balaban J connectivity index is 2.02. The number of nitro groups is 1. The second kappa shape index (κ2) is 8.61. The highest BCUT2D eigenvalue weighted by molar-refractivity contribution is 6.01. The van der Waals surface area contributed by atoms with Gasteiger partial charge in [-0.05, 0) is 37.6 Å².